The van der Waals surface area contributed by atoms with E-state index in [2.05, 4.69) is 9.46 Å². The number of hydrogen-bond acceptors (Lipinski definition) is 8. The Morgan fingerprint density at radius 1 is 1.21 bits per heavy atom. The topological polar surface area (TPSA) is 102 Å². The molecule has 2 heterocycles. The normalized spacial score (nSPS) is 13.6. The first-order valence-electron chi connectivity index (χ1n) is 8.37. The Kier molecular flexibility index (Phi) is 6.39. The number of rotatable bonds is 8. The smallest absolute Gasteiger partial charge is 0.337 e. The maximum absolute atomic E-state index is 13.0. The van der Waals surface area contributed by atoms with Crippen LogP contribution in [-0.2, 0) is 20.4 Å². The first kappa shape index (κ1) is 21.5. The van der Waals surface area contributed by atoms with E-state index >= 15 is 0 Å². The van der Waals surface area contributed by atoms with Crippen molar-refractivity contribution in [2.24, 2.45) is 0 Å². The number of aliphatic hydroxyl groups is 1. The van der Waals surface area contributed by atoms with Crippen molar-refractivity contribution < 1.29 is 27.8 Å². The maximum Gasteiger partial charge on any atom is 0.337 e. The van der Waals surface area contributed by atoms with Crippen molar-refractivity contribution in [1.82, 2.24) is 4.72 Å². The van der Waals surface area contributed by atoms with E-state index < -0.39 is 21.6 Å². The number of esters is 1. The lowest BCUT2D eigenvalue weighted by Gasteiger charge is -2.27. The number of carbonyl (C=O) groups is 1. The summed E-state index contributed by atoms with van der Waals surface area (Å²) in [6, 6.07) is 9.25. The number of methoxy groups -OCH3 is 2. The highest BCUT2D eigenvalue weighted by Crippen LogP contribution is 2.34. The minimum absolute atomic E-state index is 0.0695. The number of sulfonamides is 1. The molecule has 1 atom stereocenters. The molecule has 0 aliphatic rings. The number of benzene rings is 1. The van der Waals surface area contributed by atoms with Gasteiger partial charge in [-0.1, -0.05) is 6.07 Å². The van der Waals surface area contributed by atoms with Gasteiger partial charge in [-0.15, -0.1) is 11.3 Å². The molecule has 0 saturated heterocycles. The Balaban J connectivity index is 1.96. The lowest BCUT2D eigenvalue weighted by molar-refractivity contribution is 0.0600. The van der Waals surface area contributed by atoms with E-state index in [4.69, 9.17) is 4.74 Å². The average Bonchev–Trinajstić information content (AvgIpc) is 3.45. The molecule has 3 rings (SSSR count). The van der Waals surface area contributed by atoms with Gasteiger partial charge in [0.2, 0.25) is 10.0 Å². The summed E-state index contributed by atoms with van der Waals surface area (Å²) < 4.78 is 38.3. The largest absolute Gasteiger partial charge is 0.495 e. The Bertz CT molecular complexity index is 1040. The highest BCUT2D eigenvalue weighted by atomic mass is 32.2. The number of carbonyl (C=O) groups excluding carboxylic acids is 1. The van der Waals surface area contributed by atoms with Gasteiger partial charge in [0.25, 0.3) is 0 Å². The molecule has 3 aromatic rings. The molecule has 2 aromatic heterocycles. The number of hydrogen-bond donors (Lipinski definition) is 2. The number of nitrogens with one attached hydrogen (secondary N) is 1. The van der Waals surface area contributed by atoms with Crippen molar-refractivity contribution in [3.8, 4) is 5.75 Å². The first-order valence-corrected chi connectivity index (χ1v) is 11.7. The second-order valence-electron chi connectivity index (χ2n) is 6.03. The Labute approximate surface area is 176 Å². The van der Waals surface area contributed by atoms with Crippen molar-refractivity contribution in [1.29, 1.82) is 0 Å². The third kappa shape index (κ3) is 4.36. The number of thiophene rings is 2. The molecule has 0 bridgehead atoms. The molecule has 154 valence electrons. The highest BCUT2D eigenvalue weighted by molar-refractivity contribution is 7.89. The van der Waals surface area contributed by atoms with Crippen molar-refractivity contribution in [2.45, 2.75) is 10.5 Å². The fourth-order valence-corrected chi connectivity index (χ4v) is 5.58. The summed E-state index contributed by atoms with van der Waals surface area (Å²) in [5, 5.41) is 16.7. The molecule has 1 unspecified atom stereocenters. The summed E-state index contributed by atoms with van der Waals surface area (Å²) in [7, 11) is -1.58. The third-order valence-corrected chi connectivity index (χ3v) is 7.45. The fraction of sp³-hybridized carbons (Fsp3) is 0.211. The molecule has 0 aliphatic carbocycles. The van der Waals surface area contributed by atoms with E-state index in [-0.39, 0.29) is 22.8 Å². The van der Waals surface area contributed by atoms with Crippen LogP contribution >= 0.6 is 22.7 Å². The van der Waals surface area contributed by atoms with Crippen molar-refractivity contribution in [3.63, 3.8) is 0 Å². The SMILES string of the molecule is COC(=O)c1ccc(OC)c(S(=O)(=O)NCC(O)(c2ccsc2)c2cccs2)c1. The van der Waals surface area contributed by atoms with Crippen LogP contribution in [-0.4, -0.2) is 40.3 Å². The van der Waals surface area contributed by atoms with E-state index in [1.807, 2.05) is 10.8 Å². The zero-order chi connectivity index (χ0) is 21.1. The van der Waals surface area contributed by atoms with Crippen LogP contribution < -0.4 is 9.46 Å². The predicted octanol–water partition coefficient (Wildman–Crippen LogP) is 2.82. The molecule has 10 heteroatoms. The van der Waals surface area contributed by atoms with Crippen LogP contribution in [0, 0.1) is 0 Å². The van der Waals surface area contributed by atoms with Crippen molar-refractivity contribution in [2.75, 3.05) is 20.8 Å². The summed E-state index contributed by atoms with van der Waals surface area (Å²) in [5.74, 6) is -0.599. The summed E-state index contributed by atoms with van der Waals surface area (Å²) >= 11 is 2.73. The zero-order valence-electron chi connectivity index (χ0n) is 15.6. The predicted molar refractivity (Wildman–Crippen MR) is 111 cm³/mol. The summed E-state index contributed by atoms with van der Waals surface area (Å²) in [6.45, 7) is -0.293. The molecule has 29 heavy (non-hydrogen) atoms. The van der Waals surface area contributed by atoms with E-state index in [1.54, 1.807) is 23.6 Å². The van der Waals surface area contributed by atoms with Gasteiger partial charge >= 0.3 is 5.97 Å². The quantitative estimate of drug-likeness (QED) is 0.509. The monoisotopic (exact) mass is 453 g/mol. The molecular formula is C19H19NO6S3. The van der Waals surface area contributed by atoms with E-state index in [9.17, 15) is 18.3 Å². The van der Waals surface area contributed by atoms with Gasteiger partial charge in [-0.2, -0.15) is 11.3 Å². The van der Waals surface area contributed by atoms with Crippen LogP contribution in [0.2, 0.25) is 0 Å². The first-order chi connectivity index (χ1) is 13.8. The van der Waals surface area contributed by atoms with E-state index in [1.165, 1.54) is 55.1 Å². The minimum Gasteiger partial charge on any atom is -0.495 e. The second-order valence-corrected chi connectivity index (χ2v) is 9.49. The van der Waals surface area contributed by atoms with Gasteiger partial charge in [-0.25, -0.2) is 17.9 Å². The molecule has 0 amide bonds. The highest BCUT2D eigenvalue weighted by Gasteiger charge is 2.35. The summed E-state index contributed by atoms with van der Waals surface area (Å²) in [5.41, 5.74) is -0.878. The van der Waals surface area contributed by atoms with Crippen LogP contribution in [0.5, 0.6) is 5.75 Å². The molecule has 2 N–H and O–H groups in total. The molecule has 0 aliphatic heterocycles. The summed E-state index contributed by atoms with van der Waals surface area (Å²) in [4.78, 5) is 12.2. The minimum atomic E-state index is -4.12. The van der Waals surface area contributed by atoms with Gasteiger partial charge in [0.15, 0.2) is 0 Å². The molecule has 0 spiro atoms. The Hall–Kier alpha value is -2.24. The molecular weight excluding hydrogens is 434 g/mol. The van der Waals surface area contributed by atoms with Crippen molar-refractivity contribution in [3.05, 3.63) is 68.5 Å². The standard InChI is InChI=1S/C19H19NO6S3/c1-25-15-6-5-13(18(21)26-2)10-16(15)29(23,24)20-12-19(22,14-7-9-27-11-14)17-4-3-8-28-17/h3-11,20,22H,12H2,1-2H3. The lowest BCUT2D eigenvalue weighted by atomic mass is 9.95. The van der Waals surface area contributed by atoms with Crippen LogP contribution in [0.1, 0.15) is 20.8 Å². The Morgan fingerprint density at radius 3 is 2.59 bits per heavy atom. The zero-order valence-corrected chi connectivity index (χ0v) is 18.1. The lowest BCUT2D eigenvalue weighted by Crippen LogP contribution is -2.41. The van der Waals surface area contributed by atoms with Gasteiger partial charge in [0, 0.05) is 17.0 Å². The molecule has 0 saturated carbocycles. The van der Waals surface area contributed by atoms with Crippen LogP contribution in [0.25, 0.3) is 0 Å². The average molecular weight is 454 g/mol. The molecule has 7 nitrogen and oxygen atoms in total. The van der Waals surface area contributed by atoms with E-state index in [0.29, 0.717) is 10.4 Å². The Morgan fingerprint density at radius 2 is 2.00 bits per heavy atom. The maximum atomic E-state index is 13.0. The van der Waals surface area contributed by atoms with Gasteiger partial charge in [0.05, 0.1) is 19.8 Å². The van der Waals surface area contributed by atoms with Gasteiger partial charge in [-0.05, 0) is 46.5 Å². The summed E-state index contributed by atoms with van der Waals surface area (Å²) in [6.07, 6.45) is 0. The van der Waals surface area contributed by atoms with Gasteiger partial charge in [-0.3, -0.25) is 0 Å². The van der Waals surface area contributed by atoms with Crippen LogP contribution in [0.15, 0.2) is 57.4 Å². The van der Waals surface area contributed by atoms with Gasteiger partial charge in [0.1, 0.15) is 16.2 Å². The third-order valence-electron chi connectivity index (χ3n) is 4.32. The fourth-order valence-electron chi connectivity index (χ4n) is 2.75. The van der Waals surface area contributed by atoms with E-state index in [0.717, 1.165) is 0 Å². The second kappa shape index (κ2) is 8.64. The number of ether oxygens (including phenoxy) is 2. The molecule has 1 aromatic carbocycles. The van der Waals surface area contributed by atoms with Gasteiger partial charge < -0.3 is 14.6 Å². The van der Waals surface area contributed by atoms with Crippen molar-refractivity contribution >= 4 is 38.7 Å². The molecule has 0 radical (unpaired) electrons. The van der Waals surface area contributed by atoms with Crippen LogP contribution in [0.4, 0.5) is 0 Å². The van der Waals surface area contributed by atoms with Crippen LogP contribution in [0.3, 0.4) is 0 Å². The molecule has 0 fully saturated rings.